The minimum atomic E-state index is -0.469. The number of morpholine rings is 1. The van der Waals surface area contributed by atoms with Crippen LogP contribution in [0.2, 0.25) is 0 Å². The summed E-state index contributed by atoms with van der Waals surface area (Å²) in [5.74, 6) is -0.409. The van der Waals surface area contributed by atoms with E-state index in [4.69, 9.17) is 4.74 Å². The smallest absolute Gasteiger partial charge is 0.238 e. The summed E-state index contributed by atoms with van der Waals surface area (Å²) in [6.45, 7) is 4.52. The van der Waals surface area contributed by atoms with Crippen molar-refractivity contribution in [3.63, 3.8) is 0 Å². The zero-order valence-electron chi connectivity index (χ0n) is 16.8. The molecule has 0 spiro atoms. The third kappa shape index (κ3) is 3.13. The summed E-state index contributed by atoms with van der Waals surface area (Å²) in [6, 6.07) is 7.69. The molecule has 2 aliphatic heterocycles. The molecule has 1 fully saturated rings. The third-order valence-corrected chi connectivity index (χ3v) is 6.00. The molecule has 2 aromatic heterocycles. The second kappa shape index (κ2) is 7.53. The van der Waals surface area contributed by atoms with E-state index in [1.54, 1.807) is 4.52 Å². The Morgan fingerprint density at radius 1 is 1.27 bits per heavy atom. The second-order valence-electron chi connectivity index (χ2n) is 7.72. The third-order valence-electron chi connectivity index (χ3n) is 6.00. The van der Waals surface area contributed by atoms with Gasteiger partial charge < -0.3 is 15.0 Å². The van der Waals surface area contributed by atoms with E-state index in [0.717, 1.165) is 27.9 Å². The van der Waals surface area contributed by atoms with Crippen LogP contribution in [0.4, 0.5) is 5.69 Å². The number of nitrogens with one attached hydrogen (secondary N) is 1. The summed E-state index contributed by atoms with van der Waals surface area (Å²) < 4.78 is 7.10. The van der Waals surface area contributed by atoms with Crippen molar-refractivity contribution in [2.24, 2.45) is 0 Å². The first-order valence-electron chi connectivity index (χ1n) is 10.2. The monoisotopic (exact) mass is 405 g/mol. The highest BCUT2D eigenvalue weighted by molar-refractivity contribution is 6.05. The Morgan fingerprint density at radius 3 is 2.90 bits per heavy atom. The van der Waals surface area contributed by atoms with E-state index in [1.807, 2.05) is 42.3 Å². The van der Waals surface area contributed by atoms with Crippen LogP contribution in [0.3, 0.4) is 0 Å². The minimum absolute atomic E-state index is 0.0820. The Labute approximate surface area is 173 Å². The number of nitrogens with zero attached hydrogens (tertiary/aromatic N) is 4. The van der Waals surface area contributed by atoms with Crippen molar-refractivity contribution in [1.29, 1.82) is 0 Å². The predicted molar refractivity (Wildman–Crippen MR) is 110 cm³/mol. The van der Waals surface area contributed by atoms with Crippen molar-refractivity contribution < 1.29 is 14.3 Å². The topological polar surface area (TPSA) is 88.8 Å². The summed E-state index contributed by atoms with van der Waals surface area (Å²) in [7, 11) is 0. The van der Waals surface area contributed by atoms with Crippen LogP contribution in [0.25, 0.3) is 5.52 Å². The zero-order chi connectivity index (χ0) is 20.7. The van der Waals surface area contributed by atoms with Gasteiger partial charge in [-0.05, 0) is 36.1 Å². The van der Waals surface area contributed by atoms with Crippen LogP contribution in [0.15, 0.2) is 36.8 Å². The summed E-state index contributed by atoms with van der Waals surface area (Å²) in [5, 5.41) is 7.30. The van der Waals surface area contributed by atoms with Crippen LogP contribution in [-0.2, 0) is 20.7 Å². The molecule has 1 saturated heterocycles. The van der Waals surface area contributed by atoms with Crippen LogP contribution < -0.4 is 5.32 Å². The molecule has 8 heteroatoms. The van der Waals surface area contributed by atoms with E-state index in [9.17, 15) is 9.59 Å². The van der Waals surface area contributed by atoms with E-state index in [2.05, 4.69) is 15.4 Å². The molecule has 2 amide bonds. The normalized spacial score (nSPS) is 18.5. The largest absolute Gasteiger partial charge is 0.378 e. The lowest BCUT2D eigenvalue weighted by atomic mass is 9.95. The SMILES string of the molecule is Cc1c(CCC(=O)N2CCOCC2)cn2ncnc(C3C(=O)Nc4ccccc43)c12. The van der Waals surface area contributed by atoms with E-state index >= 15 is 0 Å². The van der Waals surface area contributed by atoms with Gasteiger partial charge in [-0.15, -0.1) is 0 Å². The molecule has 2 aliphatic rings. The van der Waals surface area contributed by atoms with Gasteiger partial charge in [-0.3, -0.25) is 9.59 Å². The molecule has 0 radical (unpaired) electrons. The minimum Gasteiger partial charge on any atom is -0.378 e. The van der Waals surface area contributed by atoms with Gasteiger partial charge in [0.15, 0.2) is 0 Å². The van der Waals surface area contributed by atoms with Crippen molar-refractivity contribution in [2.45, 2.75) is 25.7 Å². The van der Waals surface area contributed by atoms with Crippen molar-refractivity contribution in [1.82, 2.24) is 19.5 Å². The molecule has 154 valence electrons. The molecule has 1 unspecified atom stereocenters. The first kappa shape index (κ1) is 18.7. The van der Waals surface area contributed by atoms with Gasteiger partial charge in [-0.1, -0.05) is 18.2 Å². The van der Waals surface area contributed by atoms with Gasteiger partial charge in [0, 0.05) is 31.4 Å². The quantitative estimate of drug-likeness (QED) is 0.716. The maximum Gasteiger partial charge on any atom is 0.238 e. The highest BCUT2D eigenvalue weighted by Gasteiger charge is 2.35. The van der Waals surface area contributed by atoms with Crippen molar-refractivity contribution in [3.05, 3.63) is 59.2 Å². The Kier molecular flexibility index (Phi) is 4.71. The summed E-state index contributed by atoms with van der Waals surface area (Å²) in [4.78, 5) is 31.6. The fourth-order valence-corrected chi connectivity index (χ4v) is 4.39. The number of aromatic nitrogens is 3. The van der Waals surface area contributed by atoms with Crippen molar-refractivity contribution >= 4 is 23.0 Å². The molecule has 3 aromatic rings. The second-order valence-corrected chi connectivity index (χ2v) is 7.72. The maximum atomic E-state index is 12.7. The molecule has 1 atom stereocenters. The highest BCUT2D eigenvalue weighted by Crippen LogP contribution is 2.38. The standard InChI is InChI=1S/C22H23N5O3/c1-14-15(6-7-18(28)26-8-10-30-11-9-26)12-27-21(14)20(23-13-24-27)19-16-4-2-3-5-17(16)25-22(19)29/h2-5,12-13,19H,6-11H2,1H3,(H,25,29). The lowest BCUT2D eigenvalue weighted by Crippen LogP contribution is -2.40. The molecule has 0 bridgehead atoms. The highest BCUT2D eigenvalue weighted by atomic mass is 16.5. The number of fused-ring (bicyclic) bond motifs is 2. The van der Waals surface area contributed by atoms with Gasteiger partial charge in [-0.2, -0.15) is 5.10 Å². The molecule has 30 heavy (non-hydrogen) atoms. The fraction of sp³-hybridized carbons (Fsp3) is 0.364. The number of para-hydroxylation sites is 1. The van der Waals surface area contributed by atoms with Crippen LogP contribution >= 0.6 is 0 Å². The van der Waals surface area contributed by atoms with Gasteiger partial charge in [-0.25, -0.2) is 9.50 Å². The van der Waals surface area contributed by atoms with Crippen LogP contribution in [0, 0.1) is 6.92 Å². The number of benzene rings is 1. The van der Waals surface area contributed by atoms with Gasteiger partial charge in [0.2, 0.25) is 11.8 Å². The Hall–Kier alpha value is -3.26. The average Bonchev–Trinajstić information content (AvgIpc) is 3.28. The summed E-state index contributed by atoms with van der Waals surface area (Å²) >= 11 is 0. The van der Waals surface area contributed by atoms with Crippen LogP contribution in [-0.4, -0.2) is 57.6 Å². The molecule has 4 heterocycles. The van der Waals surface area contributed by atoms with E-state index < -0.39 is 5.92 Å². The Bertz CT molecular complexity index is 1130. The number of hydrogen-bond acceptors (Lipinski definition) is 5. The van der Waals surface area contributed by atoms with E-state index in [-0.39, 0.29) is 11.8 Å². The first-order chi connectivity index (χ1) is 14.6. The van der Waals surface area contributed by atoms with Gasteiger partial charge in [0.25, 0.3) is 0 Å². The van der Waals surface area contributed by atoms with Gasteiger partial charge >= 0.3 is 0 Å². The predicted octanol–water partition coefficient (Wildman–Crippen LogP) is 1.91. The lowest BCUT2D eigenvalue weighted by molar-refractivity contribution is -0.135. The summed E-state index contributed by atoms with van der Waals surface area (Å²) in [5.41, 5.74) is 5.33. The molecule has 8 nitrogen and oxygen atoms in total. The van der Waals surface area contributed by atoms with E-state index in [0.29, 0.717) is 44.8 Å². The number of rotatable bonds is 4. The number of ether oxygens (including phenoxy) is 1. The Morgan fingerprint density at radius 2 is 2.07 bits per heavy atom. The first-order valence-corrected chi connectivity index (χ1v) is 10.2. The van der Waals surface area contributed by atoms with Crippen LogP contribution in [0.5, 0.6) is 0 Å². The van der Waals surface area contributed by atoms with Crippen molar-refractivity contribution in [3.8, 4) is 0 Å². The van der Waals surface area contributed by atoms with Crippen LogP contribution in [0.1, 0.15) is 34.7 Å². The molecule has 0 aliphatic carbocycles. The fourth-order valence-electron chi connectivity index (χ4n) is 4.39. The number of aryl methyl sites for hydroxylation is 2. The molecule has 5 rings (SSSR count). The number of hydrogen-bond donors (Lipinski definition) is 1. The van der Waals surface area contributed by atoms with E-state index in [1.165, 1.54) is 6.33 Å². The Balaban J connectivity index is 1.45. The molecule has 0 saturated carbocycles. The van der Waals surface area contributed by atoms with Gasteiger partial charge in [0.1, 0.15) is 12.2 Å². The molecular weight excluding hydrogens is 382 g/mol. The molecule has 1 aromatic carbocycles. The lowest BCUT2D eigenvalue weighted by Gasteiger charge is -2.26. The van der Waals surface area contributed by atoms with Gasteiger partial charge in [0.05, 0.1) is 24.4 Å². The molecule has 1 N–H and O–H groups in total. The number of amides is 2. The maximum absolute atomic E-state index is 12.7. The molecular formula is C22H23N5O3. The zero-order valence-corrected chi connectivity index (χ0v) is 16.8. The number of anilines is 1. The number of carbonyl (C=O) groups is 2. The van der Waals surface area contributed by atoms with Crippen molar-refractivity contribution in [2.75, 3.05) is 31.6 Å². The average molecular weight is 405 g/mol. The summed E-state index contributed by atoms with van der Waals surface area (Å²) in [6.07, 6.45) is 4.49. The number of carbonyl (C=O) groups excluding carboxylic acids is 2.